The fraction of sp³-hybridized carbons (Fsp3) is 0.286. The minimum absolute atomic E-state index is 0.146. The summed E-state index contributed by atoms with van der Waals surface area (Å²) in [5, 5.41) is 8.40. The standard InChI is InChI=1S/C21H21N5O/c22-21(27)20-19(24-13-14-4-2-1-3-5-14)17-7-6-16(12-18(17)25-26-20)15-8-10-23-11-9-15/h2,4-5,8-11,13,16H,1,3,6-7,12H2,(H2,22,27). The first kappa shape index (κ1) is 17.3. The first-order valence-corrected chi connectivity index (χ1v) is 9.21. The minimum Gasteiger partial charge on any atom is -0.364 e. The van der Waals surface area contributed by atoms with Crippen molar-refractivity contribution in [2.75, 3.05) is 0 Å². The molecule has 0 radical (unpaired) electrons. The maximum atomic E-state index is 11.9. The average molecular weight is 359 g/mol. The van der Waals surface area contributed by atoms with E-state index in [1.165, 1.54) is 5.56 Å². The molecule has 2 N–H and O–H groups in total. The van der Waals surface area contributed by atoms with Crippen LogP contribution < -0.4 is 5.73 Å². The largest absolute Gasteiger partial charge is 0.364 e. The predicted octanol–water partition coefficient (Wildman–Crippen LogP) is 3.22. The molecule has 0 aromatic carbocycles. The Kier molecular flexibility index (Phi) is 4.87. The number of nitrogens with two attached hydrogens (primary N) is 1. The fourth-order valence-corrected chi connectivity index (χ4v) is 3.67. The highest BCUT2D eigenvalue weighted by Crippen LogP contribution is 2.36. The number of aromatic nitrogens is 3. The lowest BCUT2D eigenvalue weighted by atomic mass is 9.82. The molecule has 2 heterocycles. The third-order valence-electron chi connectivity index (χ3n) is 5.09. The highest BCUT2D eigenvalue weighted by atomic mass is 16.1. The Morgan fingerprint density at radius 3 is 2.81 bits per heavy atom. The zero-order valence-corrected chi connectivity index (χ0v) is 15.0. The van der Waals surface area contributed by atoms with Crippen molar-refractivity contribution in [1.82, 2.24) is 15.2 Å². The lowest BCUT2D eigenvalue weighted by molar-refractivity contribution is 0.0995. The summed E-state index contributed by atoms with van der Waals surface area (Å²) in [6, 6.07) is 4.09. The zero-order valence-electron chi connectivity index (χ0n) is 15.0. The molecule has 2 aromatic rings. The van der Waals surface area contributed by atoms with Crippen LogP contribution in [0.3, 0.4) is 0 Å². The highest BCUT2D eigenvalue weighted by molar-refractivity contribution is 5.98. The summed E-state index contributed by atoms with van der Waals surface area (Å²) in [4.78, 5) is 20.5. The molecule has 0 saturated heterocycles. The van der Waals surface area contributed by atoms with E-state index in [0.717, 1.165) is 48.9 Å². The molecule has 1 atom stereocenters. The molecular formula is C21H21N5O. The van der Waals surface area contributed by atoms with Gasteiger partial charge in [0.15, 0.2) is 5.69 Å². The van der Waals surface area contributed by atoms with Crippen LogP contribution in [-0.4, -0.2) is 27.3 Å². The Balaban J connectivity index is 1.68. The third-order valence-corrected chi connectivity index (χ3v) is 5.09. The van der Waals surface area contributed by atoms with Crippen LogP contribution >= 0.6 is 0 Å². The Morgan fingerprint density at radius 1 is 1.22 bits per heavy atom. The first-order valence-electron chi connectivity index (χ1n) is 9.21. The van der Waals surface area contributed by atoms with Crippen LogP contribution in [0, 0.1) is 0 Å². The van der Waals surface area contributed by atoms with Crippen molar-refractivity contribution in [2.45, 2.75) is 38.0 Å². The van der Waals surface area contributed by atoms with E-state index < -0.39 is 5.91 Å². The summed E-state index contributed by atoms with van der Waals surface area (Å²) < 4.78 is 0. The Labute approximate surface area is 158 Å². The van der Waals surface area contributed by atoms with Gasteiger partial charge < -0.3 is 5.73 Å². The van der Waals surface area contributed by atoms with Gasteiger partial charge in [-0.05, 0) is 61.3 Å². The van der Waals surface area contributed by atoms with Crippen LogP contribution in [0.2, 0.25) is 0 Å². The number of fused-ring (bicyclic) bond motifs is 1. The normalized spacial score (nSPS) is 19.0. The van der Waals surface area contributed by atoms with E-state index in [4.69, 9.17) is 5.73 Å². The lowest BCUT2D eigenvalue weighted by Crippen LogP contribution is -2.20. The second-order valence-electron chi connectivity index (χ2n) is 6.85. The number of pyridine rings is 1. The van der Waals surface area contributed by atoms with Gasteiger partial charge in [-0.3, -0.25) is 14.8 Å². The minimum atomic E-state index is -0.595. The summed E-state index contributed by atoms with van der Waals surface area (Å²) in [5.74, 6) is -0.225. The Bertz CT molecular complexity index is 947. The first-order chi connectivity index (χ1) is 13.2. The number of hydrogen-bond donors (Lipinski definition) is 1. The molecule has 27 heavy (non-hydrogen) atoms. The molecule has 4 rings (SSSR count). The van der Waals surface area contributed by atoms with Crippen molar-refractivity contribution >= 4 is 17.8 Å². The molecule has 0 fully saturated rings. The van der Waals surface area contributed by atoms with Gasteiger partial charge in [-0.2, -0.15) is 5.10 Å². The number of nitrogens with zero attached hydrogens (tertiary/aromatic N) is 4. The van der Waals surface area contributed by atoms with E-state index in [2.05, 4.69) is 32.3 Å². The SMILES string of the molecule is NC(=O)c1nnc2c(c1N=CC1=CCCC=C1)CCC(c1ccncc1)C2. The number of carbonyl (C=O) groups excluding carboxylic acids is 1. The van der Waals surface area contributed by atoms with Crippen LogP contribution in [-0.2, 0) is 12.8 Å². The molecule has 0 saturated carbocycles. The maximum Gasteiger partial charge on any atom is 0.271 e. The second kappa shape index (κ2) is 7.61. The molecule has 2 aromatic heterocycles. The Morgan fingerprint density at radius 2 is 2.07 bits per heavy atom. The molecule has 0 aliphatic heterocycles. The number of amides is 1. The van der Waals surface area contributed by atoms with Crippen molar-refractivity contribution in [2.24, 2.45) is 10.7 Å². The van der Waals surface area contributed by atoms with Gasteiger partial charge in [-0.15, -0.1) is 5.10 Å². The van der Waals surface area contributed by atoms with E-state index >= 15 is 0 Å². The number of rotatable bonds is 4. The highest BCUT2D eigenvalue weighted by Gasteiger charge is 2.26. The van der Waals surface area contributed by atoms with Gasteiger partial charge in [0.05, 0.1) is 5.69 Å². The van der Waals surface area contributed by atoms with Gasteiger partial charge >= 0.3 is 0 Å². The van der Waals surface area contributed by atoms with E-state index in [1.807, 2.05) is 30.6 Å². The molecule has 2 aliphatic carbocycles. The second-order valence-corrected chi connectivity index (χ2v) is 6.85. The summed E-state index contributed by atoms with van der Waals surface area (Å²) in [6.45, 7) is 0. The summed E-state index contributed by atoms with van der Waals surface area (Å²) in [6.07, 6.45) is 16.3. The van der Waals surface area contributed by atoms with Crippen molar-refractivity contribution in [3.63, 3.8) is 0 Å². The van der Waals surface area contributed by atoms with Gasteiger partial charge in [0.25, 0.3) is 5.91 Å². The predicted molar refractivity (Wildman–Crippen MR) is 104 cm³/mol. The lowest BCUT2D eigenvalue weighted by Gasteiger charge is -2.25. The van der Waals surface area contributed by atoms with Gasteiger partial charge in [-0.1, -0.05) is 18.2 Å². The van der Waals surface area contributed by atoms with Crippen molar-refractivity contribution in [3.8, 4) is 0 Å². The quantitative estimate of drug-likeness (QED) is 0.848. The van der Waals surface area contributed by atoms with Gasteiger partial charge in [0.2, 0.25) is 0 Å². The van der Waals surface area contributed by atoms with Gasteiger partial charge in [-0.25, -0.2) is 0 Å². The number of primary amides is 1. The topological polar surface area (TPSA) is 94.1 Å². The van der Waals surface area contributed by atoms with Gasteiger partial charge in [0, 0.05) is 24.2 Å². The summed E-state index contributed by atoms with van der Waals surface area (Å²) in [5.41, 5.74) is 10.4. The molecular weight excluding hydrogens is 338 g/mol. The molecule has 1 unspecified atom stereocenters. The molecule has 2 aliphatic rings. The molecule has 0 spiro atoms. The Hall–Kier alpha value is -3.15. The third kappa shape index (κ3) is 3.69. The molecule has 0 bridgehead atoms. The molecule has 136 valence electrons. The van der Waals surface area contributed by atoms with Crippen LogP contribution in [0.25, 0.3) is 0 Å². The van der Waals surface area contributed by atoms with Crippen LogP contribution in [0.4, 0.5) is 5.69 Å². The molecule has 6 heteroatoms. The monoisotopic (exact) mass is 359 g/mol. The number of hydrogen-bond acceptors (Lipinski definition) is 5. The zero-order chi connectivity index (χ0) is 18.6. The molecule has 1 amide bonds. The maximum absolute atomic E-state index is 11.9. The van der Waals surface area contributed by atoms with Crippen LogP contribution in [0.5, 0.6) is 0 Å². The number of allylic oxidation sites excluding steroid dienone is 4. The van der Waals surface area contributed by atoms with Gasteiger partial charge in [0.1, 0.15) is 5.69 Å². The number of carbonyl (C=O) groups is 1. The van der Waals surface area contributed by atoms with Crippen LogP contribution in [0.1, 0.15) is 52.5 Å². The van der Waals surface area contributed by atoms with E-state index in [-0.39, 0.29) is 5.69 Å². The average Bonchev–Trinajstić information content (AvgIpc) is 2.72. The summed E-state index contributed by atoms with van der Waals surface area (Å²) in [7, 11) is 0. The van der Waals surface area contributed by atoms with Crippen molar-refractivity contribution < 1.29 is 4.79 Å². The van der Waals surface area contributed by atoms with E-state index in [9.17, 15) is 4.79 Å². The fourth-order valence-electron chi connectivity index (χ4n) is 3.67. The van der Waals surface area contributed by atoms with E-state index in [0.29, 0.717) is 11.6 Å². The van der Waals surface area contributed by atoms with Crippen LogP contribution in [0.15, 0.2) is 53.3 Å². The summed E-state index contributed by atoms with van der Waals surface area (Å²) >= 11 is 0. The van der Waals surface area contributed by atoms with E-state index in [1.54, 1.807) is 6.21 Å². The number of aliphatic imine (C=N–C) groups is 1. The smallest absolute Gasteiger partial charge is 0.271 e. The van der Waals surface area contributed by atoms with Crippen molar-refractivity contribution in [1.29, 1.82) is 0 Å². The molecule has 6 nitrogen and oxygen atoms in total. The van der Waals surface area contributed by atoms with Crippen molar-refractivity contribution in [3.05, 3.63) is 70.8 Å².